The van der Waals surface area contributed by atoms with Gasteiger partial charge >= 0.3 is 13.1 Å². The molecule has 1 aliphatic heterocycles. The van der Waals surface area contributed by atoms with Crippen LogP contribution in [-0.4, -0.2) is 32.9 Å². The molecule has 1 saturated heterocycles. The molecular formula is C14H19BO4S. The molecule has 6 heteroatoms. The molecule has 0 atom stereocenters. The molecule has 0 aromatic carbocycles. The number of rotatable bonds is 4. The number of hydrogen-bond acceptors (Lipinski definition) is 5. The monoisotopic (exact) mass is 294 g/mol. The molecule has 108 valence electrons. The van der Waals surface area contributed by atoms with Crippen LogP contribution in [0.5, 0.6) is 0 Å². The van der Waals surface area contributed by atoms with Crippen LogP contribution in [0.4, 0.5) is 0 Å². The second-order valence-corrected chi connectivity index (χ2v) is 6.59. The van der Waals surface area contributed by atoms with E-state index in [1.165, 1.54) is 6.08 Å². The molecule has 1 aliphatic rings. The molecule has 1 aromatic heterocycles. The van der Waals surface area contributed by atoms with Crippen molar-refractivity contribution in [1.82, 2.24) is 0 Å². The van der Waals surface area contributed by atoms with Gasteiger partial charge in [-0.3, -0.25) is 0 Å². The third kappa shape index (κ3) is 4.20. The van der Waals surface area contributed by atoms with Gasteiger partial charge in [0.2, 0.25) is 0 Å². The molecule has 0 N–H and O–H groups in total. The average Bonchev–Trinajstić information content (AvgIpc) is 2.85. The third-order valence-electron chi connectivity index (χ3n) is 2.80. The summed E-state index contributed by atoms with van der Waals surface area (Å²) in [4.78, 5) is 12.2. The molecule has 1 fully saturated rings. The van der Waals surface area contributed by atoms with Crippen LogP contribution in [0.1, 0.15) is 25.6 Å². The highest BCUT2D eigenvalue weighted by Gasteiger charge is 2.34. The lowest BCUT2D eigenvalue weighted by molar-refractivity contribution is -0.137. The molecule has 2 rings (SSSR count). The van der Waals surface area contributed by atoms with Crippen molar-refractivity contribution in [2.24, 2.45) is 5.41 Å². The highest BCUT2D eigenvalue weighted by atomic mass is 32.1. The van der Waals surface area contributed by atoms with Gasteiger partial charge in [-0.1, -0.05) is 19.9 Å². The Morgan fingerprint density at radius 2 is 2.15 bits per heavy atom. The summed E-state index contributed by atoms with van der Waals surface area (Å²) in [5.74, 6) is -0.325. The van der Waals surface area contributed by atoms with Gasteiger partial charge < -0.3 is 14.0 Å². The lowest BCUT2D eigenvalue weighted by Crippen LogP contribution is -2.46. The van der Waals surface area contributed by atoms with Crippen molar-refractivity contribution < 1.29 is 18.8 Å². The summed E-state index contributed by atoms with van der Waals surface area (Å²) in [6.45, 7) is 7.77. The zero-order chi connectivity index (χ0) is 14.6. The van der Waals surface area contributed by atoms with Crippen LogP contribution in [0.15, 0.2) is 18.2 Å². The number of esters is 1. The van der Waals surface area contributed by atoms with Crippen molar-refractivity contribution in [3.05, 3.63) is 23.1 Å². The fourth-order valence-corrected chi connectivity index (χ4v) is 2.69. The number of ether oxygens (including phenoxy) is 1. The molecule has 0 radical (unpaired) electrons. The molecule has 0 bridgehead atoms. The first-order valence-corrected chi connectivity index (χ1v) is 7.49. The van der Waals surface area contributed by atoms with E-state index in [2.05, 4.69) is 13.8 Å². The van der Waals surface area contributed by atoms with Gasteiger partial charge in [0, 0.05) is 34.4 Å². The maximum atomic E-state index is 11.2. The topological polar surface area (TPSA) is 44.8 Å². The molecule has 0 amide bonds. The Bertz CT molecular complexity index is 485. The first kappa shape index (κ1) is 15.3. The van der Waals surface area contributed by atoms with Crippen molar-refractivity contribution in [2.45, 2.75) is 20.8 Å². The van der Waals surface area contributed by atoms with Crippen molar-refractivity contribution in [3.63, 3.8) is 0 Å². The summed E-state index contributed by atoms with van der Waals surface area (Å²) < 4.78 is 17.3. The molecule has 1 aromatic rings. The second kappa shape index (κ2) is 6.56. The quantitative estimate of drug-likeness (QED) is 0.484. The summed E-state index contributed by atoms with van der Waals surface area (Å²) in [6, 6.07) is 3.92. The first-order chi connectivity index (χ1) is 9.50. The van der Waals surface area contributed by atoms with Crippen LogP contribution in [0.2, 0.25) is 0 Å². The minimum absolute atomic E-state index is 0.0698. The van der Waals surface area contributed by atoms with Gasteiger partial charge in [-0.05, 0) is 19.1 Å². The Kier molecular flexibility index (Phi) is 5.02. The van der Waals surface area contributed by atoms with Crippen LogP contribution in [0.3, 0.4) is 0 Å². The van der Waals surface area contributed by atoms with Gasteiger partial charge in [-0.25, -0.2) is 4.79 Å². The summed E-state index contributed by atoms with van der Waals surface area (Å²) in [6.07, 6.45) is 3.18. The number of carbonyl (C=O) groups excluding carboxylic acids is 1. The van der Waals surface area contributed by atoms with E-state index in [0.717, 1.165) is 9.65 Å². The maximum Gasteiger partial charge on any atom is 0.504 e. The summed E-state index contributed by atoms with van der Waals surface area (Å²) >= 11 is 1.56. The van der Waals surface area contributed by atoms with E-state index in [9.17, 15) is 4.79 Å². The van der Waals surface area contributed by atoms with E-state index in [4.69, 9.17) is 14.0 Å². The first-order valence-electron chi connectivity index (χ1n) is 6.68. The highest BCUT2D eigenvalue weighted by molar-refractivity contribution is 7.23. The van der Waals surface area contributed by atoms with E-state index >= 15 is 0 Å². The predicted octanol–water partition coefficient (Wildman–Crippen LogP) is 2.09. The van der Waals surface area contributed by atoms with Crippen LogP contribution in [0, 0.1) is 5.41 Å². The molecular weight excluding hydrogens is 275 g/mol. The largest absolute Gasteiger partial charge is 0.504 e. The summed E-state index contributed by atoms with van der Waals surface area (Å²) in [7, 11) is -0.294. The van der Waals surface area contributed by atoms with Crippen LogP contribution in [0.25, 0.3) is 6.08 Å². The fourth-order valence-electron chi connectivity index (χ4n) is 1.78. The van der Waals surface area contributed by atoms with Gasteiger partial charge in [0.15, 0.2) is 0 Å². The minimum atomic E-state index is -0.325. The van der Waals surface area contributed by atoms with Gasteiger partial charge in [-0.15, -0.1) is 11.3 Å². The molecule has 0 spiro atoms. The normalized spacial score (nSPS) is 18.4. The Morgan fingerprint density at radius 1 is 1.45 bits per heavy atom. The zero-order valence-electron chi connectivity index (χ0n) is 12.0. The summed E-state index contributed by atoms with van der Waals surface area (Å²) in [5, 5.41) is 0. The van der Waals surface area contributed by atoms with Gasteiger partial charge in [0.25, 0.3) is 0 Å². The molecule has 0 unspecified atom stereocenters. The SMILES string of the molecule is CCOC(=O)C=Cc1ccc(B2OCC(C)(C)CO2)s1. The third-order valence-corrected chi connectivity index (χ3v) is 3.87. The maximum absolute atomic E-state index is 11.2. The smallest absolute Gasteiger partial charge is 0.463 e. The van der Waals surface area contributed by atoms with E-state index in [1.807, 2.05) is 12.1 Å². The van der Waals surface area contributed by atoms with Crippen LogP contribution in [-0.2, 0) is 18.8 Å². The molecule has 2 heterocycles. The molecule has 0 aliphatic carbocycles. The molecule has 0 saturated carbocycles. The number of carbonyl (C=O) groups is 1. The van der Waals surface area contributed by atoms with Crippen molar-refractivity contribution in [3.8, 4) is 0 Å². The minimum Gasteiger partial charge on any atom is -0.463 e. The van der Waals surface area contributed by atoms with Gasteiger partial charge in [0.1, 0.15) is 0 Å². The van der Waals surface area contributed by atoms with Gasteiger partial charge in [0.05, 0.1) is 6.61 Å². The Morgan fingerprint density at radius 3 is 2.80 bits per heavy atom. The lowest BCUT2D eigenvalue weighted by atomic mass is 9.82. The van der Waals surface area contributed by atoms with Crippen molar-refractivity contribution >= 4 is 35.3 Å². The van der Waals surface area contributed by atoms with Gasteiger partial charge in [-0.2, -0.15) is 0 Å². The molecule has 4 nitrogen and oxygen atoms in total. The lowest BCUT2D eigenvalue weighted by Gasteiger charge is -2.32. The van der Waals surface area contributed by atoms with Crippen LogP contribution >= 0.6 is 11.3 Å². The zero-order valence-corrected chi connectivity index (χ0v) is 12.9. The van der Waals surface area contributed by atoms with E-state index in [1.54, 1.807) is 24.3 Å². The Labute approximate surface area is 123 Å². The fraction of sp³-hybridized carbons (Fsp3) is 0.500. The number of hydrogen-bond donors (Lipinski definition) is 0. The van der Waals surface area contributed by atoms with Crippen LogP contribution < -0.4 is 4.78 Å². The predicted molar refractivity (Wildman–Crippen MR) is 81.1 cm³/mol. The number of thiophene rings is 1. The summed E-state index contributed by atoms with van der Waals surface area (Å²) in [5.41, 5.74) is 0.0698. The Hall–Kier alpha value is -1.11. The highest BCUT2D eigenvalue weighted by Crippen LogP contribution is 2.22. The standard InChI is InChI=1S/C14H19BO4S/c1-4-17-13(16)8-6-11-5-7-12(20-11)15-18-9-14(2,3)10-19-15/h5-8H,4,9-10H2,1-3H3. The van der Waals surface area contributed by atoms with E-state index in [0.29, 0.717) is 19.8 Å². The molecule has 20 heavy (non-hydrogen) atoms. The van der Waals surface area contributed by atoms with Crippen molar-refractivity contribution in [2.75, 3.05) is 19.8 Å². The van der Waals surface area contributed by atoms with E-state index < -0.39 is 0 Å². The Balaban J connectivity index is 1.94. The van der Waals surface area contributed by atoms with E-state index in [-0.39, 0.29) is 18.5 Å². The van der Waals surface area contributed by atoms with Crippen molar-refractivity contribution in [1.29, 1.82) is 0 Å². The second-order valence-electron chi connectivity index (χ2n) is 5.44. The average molecular weight is 294 g/mol.